The van der Waals surface area contributed by atoms with E-state index in [1.54, 1.807) is 23.0 Å². The predicted octanol–water partition coefficient (Wildman–Crippen LogP) is 3.42. The molecule has 0 aliphatic heterocycles. The third kappa shape index (κ3) is 5.36. The van der Waals surface area contributed by atoms with E-state index < -0.39 is 17.4 Å². The first-order valence-corrected chi connectivity index (χ1v) is 11.3. The Bertz CT molecular complexity index is 1210. The Morgan fingerprint density at radius 1 is 1.03 bits per heavy atom. The van der Waals surface area contributed by atoms with Gasteiger partial charge in [0.2, 0.25) is 0 Å². The van der Waals surface area contributed by atoms with Crippen LogP contribution in [0.5, 0.6) is 5.75 Å². The maximum atomic E-state index is 13.3. The smallest absolute Gasteiger partial charge is 0.332 e. The molecular weight excluding hydrogens is 455 g/mol. The van der Waals surface area contributed by atoms with Crippen molar-refractivity contribution in [2.24, 2.45) is 11.8 Å². The van der Waals surface area contributed by atoms with Crippen molar-refractivity contribution in [2.45, 2.75) is 53.4 Å². The molecule has 0 spiro atoms. The van der Waals surface area contributed by atoms with E-state index in [1.165, 1.54) is 10.6 Å². The van der Waals surface area contributed by atoms with Gasteiger partial charge in [0.15, 0.2) is 11.2 Å². The summed E-state index contributed by atoms with van der Waals surface area (Å²) in [6.45, 7) is 8.64. The molecule has 0 saturated carbocycles. The van der Waals surface area contributed by atoms with Crippen LogP contribution in [0.25, 0.3) is 11.2 Å². The van der Waals surface area contributed by atoms with Crippen LogP contribution in [0.3, 0.4) is 0 Å². The van der Waals surface area contributed by atoms with Gasteiger partial charge in [-0.25, -0.2) is 9.78 Å². The molecule has 0 aliphatic rings. The van der Waals surface area contributed by atoms with E-state index >= 15 is 0 Å². The molecule has 0 bridgehead atoms. The van der Waals surface area contributed by atoms with E-state index in [9.17, 15) is 14.7 Å². The van der Waals surface area contributed by atoms with Gasteiger partial charge in [0.05, 0.1) is 17.9 Å². The number of hydrogen-bond acceptors (Lipinski definition) is 5. The van der Waals surface area contributed by atoms with Crippen molar-refractivity contribution in [3.8, 4) is 5.75 Å². The predicted molar refractivity (Wildman–Crippen MR) is 126 cm³/mol. The number of ether oxygens (including phenoxy) is 1. The van der Waals surface area contributed by atoms with Crippen LogP contribution in [-0.4, -0.2) is 36.5 Å². The summed E-state index contributed by atoms with van der Waals surface area (Å²) >= 11 is 12.0. The first-order valence-electron chi connectivity index (χ1n) is 10.5. The second-order valence-electron chi connectivity index (χ2n) is 8.71. The molecule has 0 amide bonds. The highest BCUT2D eigenvalue weighted by molar-refractivity contribution is 6.34. The Morgan fingerprint density at radius 2 is 1.72 bits per heavy atom. The Hall–Kier alpha value is -2.29. The van der Waals surface area contributed by atoms with Gasteiger partial charge in [-0.2, -0.15) is 0 Å². The van der Waals surface area contributed by atoms with E-state index in [0.717, 1.165) is 4.57 Å². The zero-order chi connectivity index (χ0) is 23.6. The topological polar surface area (TPSA) is 91.3 Å². The molecule has 10 heteroatoms. The van der Waals surface area contributed by atoms with Gasteiger partial charge in [0.1, 0.15) is 18.5 Å². The summed E-state index contributed by atoms with van der Waals surface area (Å²) in [6.07, 6.45) is 0.467. The lowest BCUT2D eigenvalue weighted by molar-refractivity contribution is 0.0901. The minimum Gasteiger partial charge on any atom is -0.489 e. The first-order chi connectivity index (χ1) is 15.1. The van der Waals surface area contributed by atoms with E-state index in [1.807, 2.05) is 27.7 Å². The molecule has 2 heterocycles. The highest BCUT2D eigenvalue weighted by Crippen LogP contribution is 2.27. The number of benzene rings is 1. The minimum atomic E-state index is -1.12. The fourth-order valence-electron chi connectivity index (χ4n) is 3.50. The van der Waals surface area contributed by atoms with Crippen LogP contribution >= 0.6 is 23.2 Å². The van der Waals surface area contributed by atoms with Crippen LogP contribution in [0.2, 0.25) is 10.0 Å². The maximum absolute atomic E-state index is 13.3. The SMILES string of the molecule is CC(C)Cn1cnc2c1c(=O)n(CC(O)COc1cc(Cl)ccc1Cl)c(=O)n2CC(C)C. The van der Waals surface area contributed by atoms with Crippen LogP contribution in [0, 0.1) is 11.8 Å². The van der Waals surface area contributed by atoms with Crippen LogP contribution < -0.4 is 16.0 Å². The van der Waals surface area contributed by atoms with Gasteiger partial charge in [0, 0.05) is 24.2 Å². The van der Waals surface area contributed by atoms with Crippen LogP contribution in [0.4, 0.5) is 0 Å². The Labute approximate surface area is 196 Å². The van der Waals surface area contributed by atoms with Gasteiger partial charge in [-0.15, -0.1) is 0 Å². The molecule has 3 rings (SSSR count). The van der Waals surface area contributed by atoms with E-state index in [0.29, 0.717) is 40.0 Å². The average molecular weight is 483 g/mol. The standard InChI is InChI=1S/C22H28Cl2N4O4/c1-13(2)8-26-12-25-20-19(26)21(30)28(22(31)27(20)9-14(3)4)10-16(29)11-32-18-7-15(23)5-6-17(18)24/h5-7,12-14,16,29H,8-11H2,1-4H3. The number of nitrogens with zero attached hydrogens (tertiary/aromatic N) is 4. The lowest BCUT2D eigenvalue weighted by Crippen LogP contribution is -2.44. The van der Waals surface area contributed by atoms with Crippen molar-refractivity contribution in [1.29, 1.82) is 0 Å². The third-order valence-electron chi connectivity index (χ3n) is 4.81. The van der Waals surface area contributed by atoms with Gasteiger partial charge in [-0.05, 0) is 24.0 Å². The molecule has 1 unspecified atom stereocenters. The lowest BCUT2D eigenvalue weighted by Gasteiger charge is -2.17. The van der Waals surface area contributed by atoms with Gasteiger partial charge >= 0.3 is 5.69 Å². The number of fused-ring (bicyclic) bond motifs is 1. The van der Waals surface area contributed by atoms with E-state index in [-0.39, 0.29) is 25.0 Å². The van der Waals surface area contributed by atoms with Crippen molar-refractivity contribution < 1.29 is 9.84 Å². The summed E-state index contributed by atoms with van der Waals surface area (Å²) in [4.78, 5) is 30.8. The molecular formula is C22H28Cl2N4O4. The minimum absolute atomic E-state index is 0.162. The fraction of sp³-hybridized carbons (Fsp3) is 0.500. The van der Waals surface area contributed by atoms with Gasteiger partial charge < -0.3 is 14.4 Å². The molecule has 1 atom stereocenters. The number of aliphatic hydroxyl groups is 1. The first kappa shape index (κ1) is 24.4. The van der Waals surface area contributed by atoms with Crippen molar-refractivity contribution in [1.82, 2.24) is 18.7 Å². The maximum Gasteiger partial charge on any atom is 0.332 e. The van der Waals surface area contributed by atoms with Crippen molar-refractivity contribution >= 4 is 34.4 Å². The molecule has 0 fully saturated rings. The molecule has 0 radical (unpaired) electrons. The Morgan fingerprint density at radius 3 is 2.38 bits per heavy atom. The normalized spacial score (nSPS) is 12.8. The number of hydrogen-bond donors (Lipinski definition) is 1. The molecule has 174 valence electrons. The largest absolute Gasteiger partial charge is 0.489 e. The van der Waals surface area contributed by atoms with E-state index in [4.69, 9.17) is 27.9 Å². The molecule has 0 saturated heterocycles. The van der Waals surface area contributed by atoms with Crippen LogP contribution in [0.15, 0.2) is 34.1 Å². The number of aliphatic hydroxyl groups excluding tert-OH is 1. The summed E-state index contributed by atoms with van der Waals surface area (Å²) in [5.41, 5.74) is -0.277. The molecule has 1 aromatic carbocycles. The zero-order valence-electron chi connectivity index (χ0n) is 18.6. The number of halogens is 2. The summed E-state index contributed by atoms with van der Waals surface area (Å²) in [7, 11) is 0. The molecule has 0 aliphatic carbocycles. The highest BCUT2D eigenvalue weighted by atomic mass is 35.5. The van der Waals surface area contributed by atoms with Crippen LogP contribution in [-0.2, 0) is 19.6 Å². The second kappa shape index (κ2) is 10.1. The Kier molecular flexibility index (Phi) is 7.69. The zero-order valence-corrected chi connectivity index (χ0v) is 20.1. The van der Waals surface area contributed by atoms with E-state index in [2.05, 4.69) is 4.98 Å². The molecule has 32 heavy (non-hydrogen) atoms. The summed E-state index contributed by atoms with van der Waals surface area (Å²) < 4.78 is 9.89. The molecule has 1 N–H and O–H groups in total. The average Bonchev–Trinajstić information content (AvgIpc) is 3.12. The number of rotatable bonds is 9. The Balaban J connectivity index is 1.96. The highest BCUT2D eigenvalue weighted by Gasteiger charge is 2.21. The molecule has 2 aromatic heterocycles. The molecule has 3 aromatic rings. The second-order valence-corrected chi connectivity index (χ2v) is 9.55. The third-order valence-corrected chi connectivity index (χ3v) is 5.36. The summed E-state index contributed by atoms with van der Waals surface area (Å²) in [5.74, 6) is 0.760. The van der Waals surface area contributed by atoms with Crippen molar-refractivity contribution in [3.05, 3.63) is 55.4 Å². The lowest BCUT2D eigenvalue weighted by atomic mass is 10.2. The summed E-state index contributed by atoms with van der Waals surface area (Å²) in [5, 5.41) is 11.3. The summed E-state index contributed by atoms with van der Waals surface area (Å²) in [6, 6.07) is 4.75. The monoisotopic (exact) mass is 482 g/mol. The van der Waals surface area contributed by atoms with Crippen LogP contribution in [0.1, 0.15) is 27.7 Å². The molecule has 8 nitrogen and oxygen atoms in total. The van der Waals surface area contributed by atoms with Crippen molar-refractivity contribution in [3.63, 3.8) is 0 Å². The fourth-order valence-corrected chi connectivity index (χ4v) is 3.83. The van der Waals surface area contributed by atoms with Crippen molar-refractivity contribution in [2.75, 3.05) is 6.61 Å². The number of imidazole rings is 1. The van der Waals surface area contributed by atoms with Gasteiger partial charge in [0.25, 0.3) is 5.56 Å². The number of aromatic nitrogens is 4. The quantitative estimate of drug-likeness (QED) is 0.504. The van der Waals surface area contributed by atoms with Gasteiger partial charge in [-0.1, -0.05) is 50.9 Å². The van der Waals surface area contributed by atoms with Gasteiger partial charge in [-0.3, -0.25) is 13.9 Å².